The minimum atomic E-state index is 0.228. The Labute approximate surface area is 115 Å². The van der Waals surface area contributed by atoms with E-state index in [1.165, 1.54) is 6.20 Å². The Morgan fingerprint density at radius 3 is 2.68 bits per heavy atom. The van der Waals surface area contributed by atoms with E-state index in [0.717, 1.165) is 10.8 Å². The number of fused-ring (bicyclic) bond motifs is 1. The molecule has 1 aromatic heterocycles. The van der Waals surface area contributed by atoms with Gasteiger partial charge in [0.25, 0.3) is 0 Å². The van der Waals surface area contributed by atoms with Crippen LogP contribution in [0.15, 0.2) is 54.9 Å². The zero-order chi connectivity index (χ0) is 13.2. The summed E-state index contributed by atoms with van der Waals surface area (Å²) in [5.74, 6) is 1.44. The molecule has 1 N–H and O–H groups in total. The van der Waals surface area contributed by atoms with E-state index in [4.69, 9.17) is 16.3 Å². The van der Waals surface area contributed by atoms with E-state index in [1.54, 1.807) is 24.4 Å². The molecular formula is C15H10ClNO2. The van der Waals surface area contributed by atoms with Crippen LogP contribution in [-0.4, -0.2) is 10.1 Å². The third-order valence-corrected chi connectivity index (χ3v) is 3.04. The largest absolute Gasteiger partial charge is 0.508 e. The van der Waals surface area contributed by atoms with Gasteiger partial charge in [0.05, 0.1) is 0 Å². The fourth-order valence-corrected chi connectivity index (χ4v) is 2.01. The van der Waals surface area contributed by atoms with E-state index < -0.39 is 0 Å². The van der Waals surface area contributed by atoms with Crippen LogP contribution < -0.4 is 4.74 Å². The molecule has 94 valence electrons. The highest BCUT2D eigenvalue weighted by Gasteiger charge is 2.04. The van der Waals surface area contributed by atoms with Crippen LogP contribution >= 0.6 is 11.6 Å². The van der Waals surface area contributed by atoms with Crippen LogP contribution in [0.1, 0.15) is 0 Å². The van der Waals surface area contributed by atoms with Gasteiger partial charge >= 0.3 is 0 Å². The molecule has 0 unspecified atom stereocenters. The number of hydrogen-bond donors (Lipinski definition) is 1. The topological polar surface area (TPSA) is 42.4 Å². The van der Waals surface area contributed by atoms with Crippen LogP contribution in [0.4, 0.5) is 0 Å². The highest BCUT2D eigenvalue weighted by molar-refractivity contribution is 6.31. The number of nitrogens with zero attached hydrogens (tertiary/aromatic N) is 1. The van der Waals surface area contributed by atoms with Crippen LogP contribution in [0, 0.1) is 0 Å². The summed E-state index contributed by atoms with van der Waals surface area (Å²) in [5, 5.41) is 11.9. The van der Waals surface area contributed by atoms with Gasteiger partial charge in [-0.15, -0.1) is 0 Å². The molecule has 0 bridgehead atoms. The third kappa shape index (κ3) is 2.46. The molecule has 0 saturated carbocycles. The minimum Gasteiger partial charge on any atom is -0.508 e. The maximum absolute atomic E-state index is 9.48. The van der Waals surface area contributed by atoms with Crippen molar-refractivity contribution >= 4 is 22.4 Å². The first-order valence-electron chi connectivity index (χ1n) is 5.72. The quantitative estimate of drug-likeness (QED) is 0.752. The third-order valence-electron chi connectivity index (χ3n) is 2.76. The Morgan fingerprint density at radius 1 is 1.00 bits per heavy atom. The van der Waals surface area contributed by atoms with Crippen molar-refractivity contribution in [2.45, 2.75) is 0 Å². The molecule has 0 atom stereocenters. The minimum absolute atomic E-state index is 0.228. The molecule has 0 radical (unpaired) electrons. The lowest BCUT2D eigenvalue weighted by Gasteiger charge is -2.08. The second-order valence-corrected chi connectivity index (χ2v) is 4.51. The summed E-state index contributed by atoms with van der Waals surface area (Å²) < 4.78 is 5.70. The summed E-state index contributed by atoms with van der Waals surface area (Å²) in [7, 11) is 0. The fourth-order valence-electron chi connectivity index (χ4n) is 1.85. The van der Waals surface area contributed by atoms with Gasteiger partial charge in [-0.2, -0.15) is 0 Å². The van der Waals surface area contributed by atoms with Gasteiger partial charge in [0.2, 0.25) is 0 Å². The fraction of sp³-hybridized carbons (Fsp3) is 0. The highest BCUT2D eigenvalue weighted by Crippen LogP contribution is 2.30. The molecule has 0 aliphatic heterocycles. The summed E-state index contributed by atoms with van der Waals surface area (Å²) in [6.45, 7) is 0. The van der Waals surface area contributed by atoms with E-state index >= 15 is 0 Å². The van der Waals surface area contributed by atoms with Crippen molar-refractivity contribution in [2.24, 2.45) is 0 Å². The second kappa shape index (κ2) is 4.78. The van der Waals surface area contributed by atoms with Gasteiger partial charge in [0, 0.05) is 18.5 Å². The van der Waals surface area contributed by atoms with Gasteiger partial charge in [0.1, 0.15) is 22.3 Å². The molecule has 0 saturated heterocycles. The standard InChI is InChI=1S/C15H10ClNO2/c16-14-9-17-6-5-15(14)19-13-4-2-10-1-3-12(18)7-11(10)8-13/h1-9,18H. The van der Waals surface area contributed by atoms with Crippen molar-refractivity contribution in [3.05, 3.63) is 59.9 Å². The van der Waals surface area contributed by atoms with Crippen molar-refractivity contribution < 1.29 is 9.84 Å². The van der Waals surface area contributed by atoms with E-state index in [2.05, 4.69) is 4.98 Å². The SMILES string of the molecule is Oc1ccc2ccc(Oc3ccncc3Cl)cc2c1. The number of aromatic hydroxyl groups is 1. The number of benzene rings is 2. The Morgan fingerprint density at radius 2 is 1.84 bits per heavy atom. The summed E-state index contributed by atoms with van der Waals surface area (Å²) in [6, 6.07) is 12.5. The summed E-state index contributed by atoms with van der Waals surface area (Å²) in [5.41, 5.74) is 0. The van der Waals surface area contributed by atoms with Crippen molar-refractivity contribution in [1.82, 2.24) is 4.98 Å². The van der Waals surface area contributed by atoms with Gasteiger partial charge in [-0.25, -0.2) is 0 Å². The Balaban J connectivity index is 2.00. The molecule has 2 aromatic carbocycles. The first-order valence-corrected chi connectivity index (χ1v) is 6.10. The van der Waals surface area contributed by atoms with Crippen molar-refractivity contribution in [3.8, 4) is 17.2 Å². The van der Waals surface area contributed by atoms with Gasteiger partial charge in [-0.05, 0) is 35.0 Å². The first-order chi connectivity index (χ1) is 9.22. The molecule has 3 nitrogen and oxygen atoms in total. The predicted molar refractivity (Wildman–Crippen MR) is 74.9 cm³/mol. The molecule has 19 heavy (non-hydrogen) atoms. The van der Waals surface area contributed by atoms with Gasteiger partial charge < -0.3 is 9.84 Å². The molecule has 1 heterocycles. The Hall–Kier alpha value is -2.26. The number of hydrogen-bond acceptors (Lipinski definition) is 3. The molecule has 0 spiro atoms. The zero-order valence-corrected chi connectivity index (χ0v) is 10.6. The maximum Gasteiger partial charge on any atom is 0.149 e. The van der Waals surface area contributed by atoms with E-state index in [0.29, 0.717) is 16.5 Å². The van der Waals surface area contributed by atoms with Gasteiger partial charge in [-0.1, -0.05) is 23.7 Å². The predicted octanol–water partition coefficient (Wildman–Crippen LogP) is 4.39. The normalized spacial score (nSPS) is 10.6. The maximum atomic E-state index is 9.48. The number of ether oxygens (including phenoxy) is 1. The summed E-state index contributed by atoms with van der Waals surface area (Å²) >= 11 is 5.99. The lowest BCUT2D eigenvalue weighted by atomic mass is 10.1. The van der Waals surface area contributed by atoms with E-state index in [-0.39, 0.29) is 5.75 Å². The number of pyridine rings is 1. The average Bonchev–Trinajstić information content (AvgIpc) is 2.41. The molecule has 3 aromatic rings. The van der Waals surface area contributed by atoms with Crippen molar-refractivity contribution in [3.63, 3.8) is 0 Å². The van der Waals surface area contributed by atoms with Gasteiger partial charge in [-0.3, -0.25) is 4.98 Å². The van der Waals surface area contributed by atoms with E-state index in [1.807, 2.05) is 24.3 Å². The van der Waals surface area contributed by atoms with Gasteiger partial charge in [0.15, 0.2) is 0 Å². The van der Waals surface area contributed by atoms with Crippen LogP contribution in [0.5, 0.6) is 17.2 Å². The van der Waals surface area contributed by atoms with Crippen molar-refractivity contribution in [1.29, 1.82) is 0 Å². The lowest BCUT2D eigenvalue weighted by Crippen LogP contribution is -1.86. The summed E-state index contributed by atoms with van der Waals surface area (Å²) in [4.78, 5) is 3.90. The van der Waals surface area contributed by atoms with E-state index in [9.17, 15) is 5.11 Å². The van der Waals surface area contributed by atoms with Crippen LogP contribution in [-0.2, 0) is 0 Å². The molecule has 0 fully saturated rings. The Bertz CT molecular complexity index is 743. The summed E-state index contributed by atoms with van der Waals surface area (Å²) in [6.07, 6.45) is 3.15. The highest BCUT2D eigenvalue weighted by atomic mass is 35.5. The number of halogens is 1. The number of aromatic nitrogens is 1. The molecular weight excluding hydrogens is 262 g/mol. The number of rotatable bonds is 2. The molecule has 0 amide bonds. The zero-order valence-electron chi connectivity index (χ0n) is 9.88. The Kier molecular flexibility index (Phi) is 2.97. The smallest absolute Gasteiger partial charge is 0.149 e. The first kappa shape index (κ1) is 11.8. The average molecular weight is 272 g/mol. The molecule has 3 rings (SSSR count). The van der Waals surface area contributed by atoms with Crippen molar-refractivity contribution in [2.75, 3.05) is 0 Å². The molecule has 0 aliphatic rings. The van der Waals surface area contributed by atoms with Crippen LogP contribution in [0.2, 0.25) is 5.02 Å². The second-order valence-electron chi connectivity index (χ2n) is 4.10. The number of phenols is 1. The lowest BCUT2D eigenvalue weighted by molar-refractivity contribution is 0.476. The number of phenolic OH excluding ortho intramolecular Hbond substituents is 1. The molecule has 0 aliphatic carbocycles. The monoisotopic (exact) mass is 271 g/mol. The van der Waals surface area contributed by atoms with Crippen LogP contribution in [0.3, 0.4) is 0 Å². The molecule has 4 heteroatoms. The van der Waals surface area contributed by atoms with Crippen LogP contribution in [0.25, 0.3) is 10.8 Å².